The Labute approximate surface area is 147 Å². The molecule has 0 bridgehead atoms. The second-order valence-electron chi connectivity index (χ2n) is 5.47. The van der Waals surface area contributed by atoms with Crippen molar-refractivity contribution in [3.8, 4) is 0 Å². The minimum atomic E-state index is -0.000443. The van der Waals surface area contributed by atoms with Crippen LogP contribution >= 0.6 is 27.3 Å². The highest BCUT2D eigenvalue weighted by Gasteiger charge is 2.21. The van der Waals surface area contributed by atoms with Gasteiger partial charge in [0.1, 0.15) is 0 Å². The predicted molar refractivity (Wildman–Crippen MR) is 95.6 cm³/mol. The number of rotatable bonds is 5. The standard InChI is InChI=1S/C17H17BrN2O2S/c18-15-8-7-14(23-15)11-19-16(21)10-12-3-5-13(6-4-12)20-9-1-2-17(20)22/h3-8H,1-2,9-11H2,(H,19,21). The van der Waals surface area contributed by atoms with E-state index in [0.717, 1.165) is 32.9 Å². The van der Waals surface area contributed by atoms with Gasteiger partial charge in [0.15, 0.2) is 0 Å². The van der Waals surface area contributed by atoms with Crippen LogP contribution in [-0.2, 0) is 22.6 Å². The van der Waals surface area contributed by atoms with Crippen molar-refractivity contribution in [3.05, 3.63) is 50.6 Å². The summed E-state index contributed by atoms with van der Waals surface area (Å²) in [6, 6.07) is 11.6. The number of nitrogens with zero attached hydrogens (tertiary/aromatic N) is 1. The zero-order valence-corrected chi connectivity index (χ0v) is 15.0. The maximum absolute atomic E-state index is 12.0. The summed E-state index contributed by atoms with van der Waals surface area (Å²) in [7, 11) is 0. The van der Waals surface area contributed by atoms with E-state index < -0.39 is 0 Å². The van der Waals surface area contributed by atoms with Gasteiger partial charge in [0.05, 0.1) is 16.8 Å². The van der Waals surface area contributed by atoms with Crippen molar-refractivity contribution in [2.75, 3.05) is 11.4 Å². The molecule has 2 amide bonds. The minimum absolute atomic E-state index is 0.000443. The first-order valence-electron chi connectivity index (χ1n) is 7.52. The Morgan fingerprint density at radius 1 is 1.22 bits per heavy atom. The number of carbonyl (C=O) groups excluding carboxylic acids is 2. The molecule has 2 heterocycles. The van der Waals surface area contributed by atoms with Gasteiger partial charge in [-0.2, -0.15) is 0 Å². The van der Waals surface area contributed by atoms with Gasteiger partial charge in [0, 0.05) is 23.5 Å². The van der Waals surface area contributed by atoms with E-state index in [1.165, 1.54) is 0 Å². The quantitative estimate of drug-likeness (QED) is 0.846. The van der Waals surface area contributed by atoms with Crippen molar-refractivity contribution in [2.24, 2.45) is 0 Å². The molecule has 1 N–H and O–H groups in total. The van der Waals surface area contributed by atoms with E-state index in [2.05, 4.69) is 21.2 Å². The maximum atomic E-state index is 12.0. The molecule has 3 rings (SSSR count). The van der Waals surface area contributed by atoms with Crippen LogP contribution in [0.3, 0.4) is 0 Å². The Morgan fingerprint density at radius 3 is 2.61 bits per heavy atom. The summed E-state index contributed by atoms with van der Waals surface area (Å²) in [6.45, 7) is 1.34. The van der Waals surface area contributed by atoms with Gasteiger partial charge in [-0.05, 0) is 52.2 Å². The van der Waals surface area contributed by atoms with Gasteiger partial charge in [-0.15, -0.1) is 11.3 Å². The highest BCUT2D eigenvalue weighted by molar-refractivity contribution is 9.11. The summed E-state index contributed by atoms with van der Waals surface area (Å²) in [5, 5.41) is 2.92. The Bertz CT molecular complexity index is 712. The molecular weight excluding hydrogens is 376 g/mol. The Morgan fingerprint density at radius 2 is 2.00 bits per heavy atom. The van der Waals surface area contributed by atoms with E-state index >= 15 is 0 Å². The predicted octanol–water partition coefficient (Wildman–Crippen LogP) is 3.50. The van der Waals surface area contributed by atoms with E-state index in [0.29, 0.717) is 19.4 Å². The van der Waals surface area contributed by atoms with Crippen LogP contribution in [0.25, 0.3) is 0 Å². The lowest BCUT2D eigenvalue weighted by molar-refractivity contribution is -0.120. The Hall–Kier alpha value is -1.66. The summed E-state index contributed by atoms with van der Waals surface area (Å²) in [6.07, 6.45) is 1.89. The molecule has 4 nitrogen and oxygen atoms in total. The molecule has 1 fully saturated rings. The molecule has 1 saturated heterocycles. The number of halogens is 1. The summed E-state index contributed by atoms with van der Waals surface area (Å²) in [5.74, 6) is 0.178. The fraction of sp³-hybridized carbons (Fsp3) is 0.294. The molecule has 0 spiro atoms. The molecule has 0 atom stereocenters. The molecule has 23 heavy (non-hydrogen) atoms. The van der Waals surface area contributed by atoms with Crippen molar-refractivity contribution < 1.29 is 9.59 Å². The molecule has 1 aliphatic rings. The molecule has 0 saturated carbocycles. The van der Waals surface area contributed by atoms with Gasteiger partial charge < -0.3 is 10.2 Å². The van der Waals surface area contributed by atoms with E-state index in [9.17, 15) is 9.59 Å². The third-order valence-corrected chi connectivity index (χ3v) is 5.40. The molecule has 1 aromatic heterocycles. The number of hydrogen-bond donors (Lipinski definition) is 1. The van der Waals surface area contributed by atoms with Crippen molar-refractivity contribution in [3.63, 3.8) is 0 Å². The van der Waals surface area contributed by atoms with Gasteiger partial charge in [-0.3, -0.25) is 9.59 Å². The summed E-state index contributed by atoms with van der Waals surface area (Å²) in [4.78, 5) is 26.6. The average molecular weight is 393 g/mol. The molecule has 120 valence electrons. The number of anilines is 1. The third-order valence-electron chi connectivity index (χ3n) is 3.77. The summed E-state index contributed by atoms with van der Waals surface area (Å²) in [5.41, 5.74) is 1.87. The van der Waals surface area contributed by atoms with Crippen molar-refractivity contribution in [1.29, 1.82) is 0 Å². The van der Waals surface area contributed by atoms with Crippen LogP contribution in [0.4, 0.5) is 5.69 Å². The number of thiophene rings is 1. The first kappa shape index (κ1) is 16.2. The van der Waals surface area contributed by atoms with Crippen molar-refractivity contribution in [1.82, 2.24) is 5.32 Å². The first-order valence-corrected chi connectivity index (χ1v) is 9.13. The number of benzene rings is 1. The van der Waals surface area contributed by atoms with Crippen molar-refractivity contribution >= 4 is 44.8 Å². The van der Waals surface area contributed by atoms with Crippen LogP contribution in [0.1, 0.15) is 23.3 Å². The van der Waals surface area contributed by atoms with Gasteiger partial charge in [-0.1, -0.05) is 12.1 Å². The van der Waals surface area contributed by atoms with Gasteiger partial charge >= 0.3 is 0 Å². The fourth-order valence-electron chi connectivity index (χ4n) is 2.60. The number of hydrogen-bond acceptors (Lipinski definition) is 3. The van der Waals surface area contributed by atoms with E-state index in [4.69, 9.17) is 0 Å². The zero-order valence-electron chi connectivity index (χ0n) is 12.5. The number of nitrogens with one attached hydrogen (secondary N) is 1. The SMILES string of the molecule is O=C(Cc1ccc(N2CCCC2=O)cc1)NCc1ccc(Br)s1. The minimum Gasteiger partial charge on any atom is -0.351 e. The van der Waals surface area contributed by atoms with Crippen LogP contribution in [0, 0.1) is 0 Å². The number of amides is 2. The first-order chi connectivity index (χ1) is 11.1. The largest absolute Gasteiger partial charge is 0.351 e. The molecule has 2 aromatic rings. The maximum Gasteiger partial charge on any atom is 0.227 e. The van der Waals surface area contributed by atoms with Crippen LogP contribution in [0.5, 0.6) is 0 Å². The van der Waals surface area contributed by atoms with Crippen LogP contribution in [0.15, 0.2) is 40.2 Å². The van der Waals surface area contributed by atoms with E-state index in [-0.39, 0.29) is 11.8 Å². The Balaban J connectivity index is 1.53. The lowest BCUT2D eigenvalue weighted by Crippen LogP contribution is -2.25. The van der Waals surface area contributed by atoms with Gasteiger partial charge in [0.25, 0.3) is 0 Å². The second-order valence-corrected chi connectivity index (χ2v) is 8.02. The van der Waals surface area contributed by atoms with E-state index in [1.807, 2.05) is 36.4 Å². The molecular formula is C17H17BrN2O2S. The molecule has 6 heteroatoms. The monoisotopic (exact) mass is 392 g/mol. The average Bonchev–Trinajstić information content (AvgIpc) is 3.14. The van der Waals surface area contributed by atoms with Gasteiger partial charge in [-0.25, -0.2) is 0 Å². The molecule has 0 radical (unpaired) electrons. The fourth-order valence-corrected chi connectivity index (χ4v) is 4.02. The normalized spacial score (nSPS) is 14.3. The zero-order chi connectivity index (χ0) is 16.2. The highest BCUT2D eigenvalue weighted by Crippen LogP contribution is 2.22. The molecule has 0 unspecified atom stereocenters. The van der Waals surface area contributed by atoms with Crippen LogP contribution < -0.4 is 10.2 Å². The highest BCUT2D eigenvalue weighted by atomic mass is 79.9. The Kier molecular flexibility index (Phi) is 5.13. The third kappa shape index (κ3) is 4.20. The molecule has 0 aliphatic carbocycles. The second kappa shape index (κ2) is 7.27. The summed E-state index contributed by atoms with van der Waals surface area (Å²) < 4.78 is 1.06. The van der Waals surface area contributed by atoms with Crippen molar-refractivity contribution in [2.45, 2.75) is 25.8 Å². The number of carbonyl (C=O) groups is 2. The topological polar surface area (TPSA) is 49.4 Å². The van der Waals surface area contributed by atoms with Gasteiger partial charge in [0.2, 0.25) is 11.8 Å². The lowest BCUT2D eigenvalue weighted by Gasteiger charge is -2.15. The summed E-state index contributed by atoms with van der Waals surface area (Å²) >= 11 is 5.03. The smallest absolute Gasteiger partial charge is 0.227 e. The molecule has 1 aliphatic heterocycles. The molecule has 1 aromatic carbocycles. The van der Waals surface area contributed by atoms with E-state index in [1.54, 1.807) is 16.2 Å². The van der Waals surface area contributed by atoms with Crippen LogP contribution in [-0.4, -0.2) is 18.4 Å². The van der Waals surface area contributed by atoms with Crippen LogP contribution in [0.2, 0.25) is 0 Å². The lowest BCUT2D eigenvalue weighted by atomic mass is 10.1.